The standard InChI is InChI=1S/C16H27NO/c1-5-7-13-9-11-14(12-10-13)16(17-3)15(18-4)8-6-2/h9-12,15-17H,5-8H2,1-4H3. The molecule has 2 nitrogen and oxygen atoms in total. The minimum Gasteiger partial charge on any atom is -0.379 e. The van der Waals surface area contributed by atoms with Crippen LogP contribution in [0.15, 0.2) is 24.3 Å². The van der Waals surface area contributed by atoms with Crippen molar-refractivity contribution in [3.8, 4) is 0 Å². The van der Waals surface area contributed by atoms with Gasteiger partial charge < -0.3 is 10.1 Å². The van der Waals surface area contributed by atoms with Gasteiger partial charge in [-0.1, -0.05) is 51.0 Å². The molecule has 0 aliphatic rings. The van der Waals surface area contributed by atoms with E-state index in [9.17, 15) is 0 Å². The summed E-state index contributed by atoms with van der Waals surface area (Å²) in [5.41, 5.74) is 2.73. The number of hydrogen-bond acceptors (Lipinski definition) is 2. The Morgan fingerprint density at radius 3 is 2.22 bits per heavy atom. The van der Waals surface area contributed by atoms with Crippen LogP contribution in [-0.4, -0.2) is 20.3 Å². The Morgan fingerprint density at radius 2 is 1.78 bits per heavy atom. The molecule has 2 unspecified atom stereocenters. The molecular weight excluding hydrogens is 222 g/mol. The second-order valence-electron chi connectivity index (χ2n) is 4.82. The minimum absolute atomic E-state index is 0.247. The van der Waals surface area contributed by atoms with Crippen LogP contribution >= 0.6 is 0 Å². The van der Waals surface area contributed by atoms with Crippen molar-refractivity contribution >= 4 is 0 Å². The Labute approximate surface area is 112 Å². The molecule has 1 N–H and O–H groups in total. The fourth-order valence-electron chi connectivity index (χ4n) is 2.45. The normalized spacial score (nSPS) is 14.4. The van der Waals surface area contributed by atoms with Crippen LogP contribution in [0, 0.1) is 0 Å². The van der Waals surface area contributed by atoms with Gasteiger partial charge in [-0.2, -0.15) is 0 Å². The number of rotatable bonds is 8. The summed E-state index contributed by atoms with van der Waals surface area (Å²) in [6.07, 6.45) is 4.83. The summed E-state index contributed by atoms with van der Waals surface area (Å²) >= 11 is 0. The summed E-state index contributed by atoms with van der Waals surface area (Å²) in [7, 11) is 3.81. The summed E-state index contributed by atoms with van der Waals surface area (Å²) < 4.78 is 5.61. The molecule has 0 radical (unpaired) electrons. The topological polar surface area (TPSA) is 21.3 Å². The molecular formula is C16H27NO. The molecule has 18 heavy (non-hydrogen) atoms. The fourth-order valence-corrected chi connectivity index (χ4v) is 2.45. The third-order valence-corrected chi connectivity index (χ3v) is 3.44. The van der Waals surface area contributed by atoms with Gasteiger partial charge in [0.05, 0.1) is 12.1 Å². The van der Waals surface area contributed by atoms with Gasteiger partial charge in [-0.05, 0) is 31.0 Å². The summed E-state index contributed by atoms with van der Waals surface area (Å²) in [4.78, 5) is 0. The largest absolute Gasteiger partial charge is 0.379 e. The Morgan fingerprint density at radius 1 is 1.11 bits per heavy atom. The second-order valence-corrected chi connectivity index (χ2v) is 4.82. The van der Waals surface area contributed by atoms with E-state index in [1.54, 1.807) is 7.11 Å². The maximum atomic E-state index is 5.61. The lowest BCUT2D eigenvalue weighted by molar-refractivity contribution is 0.0630. The number of benzene rings is 1. The predicted octanol–water partition coefficient (Wildman–Crippen LogP) is 3.71. The quantitative estimate of drug-likeness (QED) is 0.758. The van der Waals surface area contributed by atoms with Crippen LogP contribution in [0.5, 0.6) is 0 Å². The van der Waals surface area contributed by atoms with E-state index in [-0.39, 0.29) is 12.1 Å². The van der Waals surface area contributed by atoms with Crippen LogP contribution in [0.1, 0.15) is 50.3 Å². The zero-order chi connectivity index (χ0) is 13.4. The molecule has 0 fully saturated rings. The highest BCUT2D eigenvalue weighted by molar-refractivity contribution is 5.26. The summed E-state index contributed by atoms with van der Waals surface area (Å²) in [5.74, 6) is 0. The molecule has 1 rings (SSSR count). The zero-order valence-corrected chi connectivity index (χ0v) is 12.2. The van der Waals surface area contributed by atoms with E-state index in [2.05, 4.69) is 43.4 Å². The van der Waals surface area contributed by atoms with E-state index in [1.807, 2.05) is 7.05 Å². The Balaban J connectivity index is 2.80. The van der Waals surface area contributed by atoms with E-state index < -0.39 is 0 Å². The average molecular weight is 249 g/mol. The first-order chi connectivity index (χ1) is 8.76. The molecule has 1 aromatic rings. The first kappa shape index (κ1) is 15.2. The number of ether oxygens (including phenoxy) is 1. The van der Waals surface area contributed by atoms with Crippen LogP contribution in [-0.2, 0) is 11.2 Å². The third kappa shape index (κ3) is 4.11. The first-order valence-corrected chi connectivity index (χ1v) is 7.05. The lowest BCUT2D eigenvalue weighted by atomic mass is 9.96. The highest BCUT2D eigenvalue weighted by Gasteiger charge is 2.20. The van der Waals surface area contributed by atoms with Crippen LogP contribution in [0.25, 0.3) is 0 Å². The zero-order valence-electron chi connectivity index (χ0n) is 12.2. The number of aryl methyl sites for hydroxylation is 1. The minimum atomic E-state index is 0.247. The average Bonchev–Trinajstić information content (AvgIpc) is 2.40. The van der Waals surface area contributed by atoms with E-state index >= 15 is 0 Å². The SMILES string of the molecule is CCCc1ccc(C(NC)C(CCC)OC)cc1. The van der Waals surface area contributed by atoms with E-state index in [0.717, 1.165) is 19.3 Å². The van der Waals surface area contributed by atoms with Gasteiger partial charge in [0.15, 0.2) is 0 Å². The van der Waals surface area contributed by atoms with Crippen molar-refractivity contribution in [2.45, 2.75) is 51.7 Å². The summed E-state index contributed by atoms with van der Waals surface area (Å²) in [6.45, 7) is 4.41. The van der Waals surface area contributed by atoms with E-state index in [1.165, 1.54) is 17.5 Å². The monoisotopic (exact) mass is 249 g/mol. The first-order valence-electron chi connectivity index (χ1n) is 7.05. The second kappa shape index (κ2) is 8.28. The van der Waals surface area contributed by atoms with Gasteiger partial charge in [0.25, 0.3) is 0 Å². The molecule has 0 aliphatic carbocycles. The van der Waals surface area contributed by atoms with Crippen molar-refractivity contribution in [2.75, 3.05) is 14.2 Å². The molecule has 0 saturated heterocycles. The molecule has 0 amide bonds. The van der Waals surface area contributed by atoms with Crippen molar-refractivity contribution in [1.82, 2.24) is 5.32 Å². The fraction of sp³-hybridized carbons (Fsp3) is 0.625. The molecule has 1 aromatic carbocycles. The Hall–Kier alpha value is -0.860. The molecule has 0 saturated carbocycles. The highest BCUT2D eigenvalue weighted by Crippen LogP contribution is 2.22. The van der Waals surface area contributed by atoms with E-state index in [0.29, 0.717) is 0 Å². The van der Waals surface area contributed by atoms with Crippen LogP contribution in [0.4, 0.5) is 0 Å². The third-order valence-electron chi connectivity index (χ3n) is 3.44. The molecule has 0 bridgehead atoms. The number of methoxy groups -OCH3 is 1. The predicted molar refractivity (Wildman–Crippen MR) is 77.9 cm³/mol. The van der Waals surface area contributed by atoms with Crippen molar-refractivity contribution < 1.29 is 4.74 Å². The number of nitrogens with one attached hydrogen (secondary N) is 1. The Kier molecular flexibility index (Phi) is 6.99. The highest BCUT2D eigenvalue weighted by atomic mass is 16.5. The molecule has 2 heteroatoms. The lowest BCUT2D eigenvalue weighted by Crippen LogP contribution is -2.30. The molecule has 0 aliphatic heterocycles. The molecule has 0 heterocycles. The molecule has 0 aromatic heterocycles. The smallest absolute Gasteiger partial charge is 0.0765 e. The number of hydrogen-bond donors (Lipinski definition) is 1. The van der Waals surface area contributed by atoms with Gasteiger partial charge in [0, 0.05) is 7.11 Å². The number of likely N-dealkylation sites (N-methyl/N-ethyl adjacent to an activating group) is 1. The van der Waals surface area contributed by atoms with Crippen LogP contribution < -0.4 is 5.32 Å². The molecule has 2 atom stereocenters. The maximum absolute atomic E-state index is 5.61. The van der Waals surface area contributed by atoms with Crippen molar-refractivity contribution in [3.63, 3.8) is 0 Å². The molecule has 0 spiro atoms. The van der Waals surface area contributed by atoms with Crippen molar-refractivity contribution in [3.05, 3.63) is 35.4 Å². The molecule has 102 valence electrons. The van der Waals surface area contributed by atoms with Crippen LogP contribution in [0.3, 0.4) is 0 Å². The summed E-state index contributed by atoms with van der Waals surface area (Å²) in [6, 6.07) is 9.22. The van der Waals surface area contributed by atoms with Gasteiger partial charge in [0.1, 0.15) is 0 Å². The Bertz CT molecular complexity index is 320. The lowest BCUT2D eigenvalue weighted by Gasteiger charge is -2.26. The van der Waals surface area contributed by atoms with Gasteiger partial charge >= 0.3 is 0 Å². The van der Waals surface area contributed by atoms with Gasteiger partial charge in [-0.3, -0.25) is 0 Å². The van der Waals surface area contributed by atoms with Crippen molar-refractivity contribution in [2.24, 2.45) is 0 Å². The van der Waals surface area contributed by atoms with Gasteiger partial charge in [-0.15, -0.1) is 0 Å². The van der Waals surface area contributed by atoms with Gasteiger partial charge in [0.2, 0.25) is 0 Å². The van der Waals surface area contributed by atoms with Gasteiger partial charge in [-0.25, -0.2) is 0 Å². The van der Waals surface area contributed by atoms with Crippen molar-refractivity contribution in [1.29, 1.82) is 0 Å². The summed E-state index contributed by atoms with van der Waals surface area (Å²) in [5, 5.41) is 3.38. The maximum Gasteiger partial charge on any atom is 0.0765 e. The van der Waals surface area contributed by atoms with Crippen LogP contribution in [0.2, 0.25) is 0 Å². The van der Waals surface area contributed by atoms with E-state index in [4.69, 9.17) is 4.74 Å².